The summed E-state index contributed by atoms with van der Waals surface area (Å²) in [5.41, 5.74) is 3.91. The normalized spacial score (nSPS) is 28.1. The molecule has 3 aromatic rings. The Morgan fingerprint density at radius 3 is 2.46 bits per heavy atom. The lowest BCUT2D eigenvalue weighted by Crippen LogP contribution is -2.68. The van der Waals surface area contributed by atoms with E-state index in [-0.39, 0.29) is 42.0 Å². The quantitative estimate of drug-likeness (QED) is 0.420. The first kappa shape index (κ1) is 25.2. The van der Waals surface area contributed by atoms with E-state index in [1.165, 1.54) is 23.5 Å². The van der Waals surface area contributed by atoms with Gasteiger partial charge in [0, 0.05) is 18.5 Å². The number of thiazole rings is 1. The summed E-state index contributed by atoms with van der Waals surface area (Å²) in [7, 11) is 0. The zero-order valence-corrected chi connectivity index (χ0v) is 21.0. The standard InChI is InChI=1S/C28H21FN2O7S/c29-15-4-1-11(2-5-15)18-10-31-27(39-18)16-6-3-12-7-13-8-14-9-17(32)21(26(30)37)25(36)28(14,38)24(35)20(13)23(34)19(12)22(16)33/h1-6,10,13-14,20-21,33,38H,7-9H2,(H2,30,37)/t13-,14-,20?,21?,28-/m0/s1. The number of nitrogens with zero attached hydrogens (tertiary/aromatic N) is 1. The van der Waals surface area contributed by atoms with E-state index in [9.17, 15) is 38.6 Å². The summed E-state index contributed by atoms with van der Waals surface area (Å²) >= 11 is 1.22. The number of nitrogens with two attached hydrogens (primary N) is 1. The third-order valence-electron chi connectivity index (χ3n) is 8.14. The van der Waals surface area contributed by atoms with Crippen LogP contribution in [-0.4, -0.2) is 49.8 Å². The average molecular weight is 549 g/mol. The van der Waals surface area contributed by atoms with Crippen LogP contribution in [0.3, 0.4) is 0 Å². The van der Waals surface area contributed by atoms with E-state index < -0.39 is 58.3 Å². The van der Waals surface area contributed by atoms with Gasteiger partial charge in [0.25, 0.3) is 0 Å². The van der Waals surface area contributed by atoms with Gasteiger partial charge in [-0.1, -0.05) is 18.2 Å². The maximum atomic E-state index is 13.7. The third-order valence-corrected chi connectivity index (χ3v) is 9.22. The molecule has 2 saturated carbocycles. The van der Waals surface area contributed by atoms with Crippen LogP contribution in [0.2, 0.25) is 0 Å². The molecule has 0 spiro atoms. The van der Waals surface area contributed by atoms with Crippen molar-refractivity contribution < 1.29 is 38.6 Å². The summed E-state index contributed by atoms with van der Waals surface area (Å²) in [5.74, 6) is -10.9. The van der Waals surface area contributed by atoms with Gasteiger partial charge < -0.3 is 15.9 Å². The zero-order chi connectivity index (χ0) is 27.8. The van der Waals surface area contributed by atoms with E-state index >= 15 is 0 Å². The Balaban J connectivity index is 1.37. The number of aromatic hydroxyl groups is 1. The minimum atomic E-state index is -2.69. The van der Waals surface area contributed by atoms with Gasteiger partial charge in [-0.3, -0.25) is 24.0 Å². The molecular weight excluding hydrogens is 527 g/mol. The highest BCUT2D eigenvalue weighted by atomic mass is 32.1. The van der Waals surface area contributed by atoms with E-state index in [2.05, 4.69) is 4.98 Å². The number of aliphatic hydroxyl groups is 1. The summed E-state index contributed by atoms with van der Waals surface area (Å²) in [6.45, 7) is 0. The molecule has 6 rings (SSSR count). The van der Waals surface area contributed by atoms with E-state index in [0.29, 0.717) is 15.4 Å². The van der Waals surface area contributed by atoms with Crippen molar-refractivity contribution in [3.05, 3.63) is 59.5 Å². The molecule has 0 bridgehead atoms. The predicted octanol–water partition coefficient (Wildman–Crippen LogP) is 2.26. The molecule has 1 heterocycles. The zero-order valence-electron chi connectivity index (χ0n) is 20.2. The summed E-state index contributed by atoms with van der Waals surface area (Å²) in [5, 5.41) is 22.9. The van der Waals surface area contributed by atoms with Gasteiger partial charge in [0.2, 0.25) is 5.91 Å². The number of hydrogen-bond acceptors (Lipinski definition) is 9. The average Bonchev–Trinajstić information content (AvgIpc) is 3.36. The second-order valence-corrected chi connectivity index (χ2v) is 11.3. The van der Waals surface area contributed by atoms with Crippen LogP contribution in [0.25, 0.3) is 21.0 Å². The van der Waals surface area contributed by atoms with E-state index in [0.717, 1.165) is 5.56 Å². The van der Waals surface area contributed by atoms with Gasteiger partial charge in [-0.25, -0.2) is 9.37 Å². The van der Waals surface area contributed by atoms with Gasteiger partial charge in [-0.2, -0.15) is 0 Å². The van der Waals surface area contributed by atoms with Crippen molar-refractivity contribution in [1.29, 1.82) is 0 Å². The second-order valence-electron chi connectivity index (χ2n) is 10.3. The highest BCUT2D eigenvalue weighted by molar-refractivity contribution is 7.18. The smallest absolute Gasteiger partial charge is 0.235 e. The van der Waals surface area contributed by atoms with Gasteiger partial charge in [-0.15, -0.1) is 11.3 Å². The fraction of sp³-hybridized carbons (Fsp3) is 0.286. The lowest BCUT2D eigenvalue weighted by molar-refractivity contribution is -0.175. The maximum absolute atomic E-state index is 13.7. The molecule has 4 N–H and O–H groups in total. The van der Waals surface area contributed by atoms with Crippen LogP contribution in [0.5, 0.6) is 5.75 Å². The molecular formula is C28H21FN2O7S. The Morgan fingerprint density at radius 1 is 1.05 bits per heavy atom. The second kappa shape index (κ2) is 8.72. The van der Waals surface area contributed by atoms with E-state index in [4.69, 9.17) is 5.73 Å². The Labute approximate surface area is 224 Å². The van der Waals surface area contributed by atoms with E-state index in [1.54, 1.807) is 30.5 Å². The van der Waals surface area contributed by atoms with Crippen LogP contribution in [0, 0.1) is 29.5 Å². The molecule has 0 radical (unpaired) electrons. The minimum absolute atomic E-state index is 0.0388. The van der Waals surface area contributed by atoms with Gasteiger partial charge in [-0.05, 0) is 48.1 Å². The Kier molecular flexibility index (Phi) is 5.63. The Hall–Kier alpha value is -4.09. The lowest BCUT2D eigenvalue weighted by Gasteiger charge is -2.48. The summed E-state index contributed by atoms with van der Waals surface area (Å²) < 4.78 is 13.3. The van der Waals surface area contributed by atoms with Crippen molar-refractivity contribution in [1.82, 2.24) is 4.98 Å². The number of ketones is 4. The highest BCUT2D eigenvalue weighted by Gasteiger charge is 2.66. The van der Waals surface area contributed by atoms with Crippen LogP contribution in [-0.2, 0) is 25.6 Å². The number of rotatable bonds is 3. The van der Waals surface area contributed by atoms with Crippen LogP contribution < -0.4 is 5.73 Å². The van der Waals surface area contributed by atoms with Crippen molar-refractivity contribution in [2.75, 3.05) is 0 Å². The number of halogens is 1. The number of benzene rings is 2. The number of phenolic OH excluding ortho intramolecular Hbond substituents is 1. The van der Waals surface area contributed by atoms with Crippen molar-refractivity contribution in [3.8, 4) is 26.8 Å². The lowest BCUT2D eigenvalue weighted by atomic mass is 9.54. The SMILES string of the molecule is NC(=O)C1C(=O)C[C@@H]2C[C@@H]3Cc4ccc(-c5ncc(-c6ccc(F)cc6)s5)c(O)c4C(=O)C3C(=O)[C@]2(O)C1=O. The molecule has 11 heteroatoms. The number of fused-ring (bicyclic) bond motifs is 3. The van der Waals surface area contributed by atoms with Crippen molar-refractivity contribution in [2.45, 2.75) is 24.9 Å². The topological polar surface area (TPSA) is 165 Å². The molecule has 2 aromatic carbocycles. The number of carbonyl (C=O) groups is 5. The largest absolute Gasteiger partial charge is 0.506 e. The Morgan fingerprint density at radius 2 is 1.77 bits per heavy atom. The molecule has 1 amide bonds. The van der Waals surface area contributed by atoms with Crippen LogP contribution in [0.1, 0.15) is 28.8 Å². The molecule has 0 aliphatic heterocycles. The van der Waals surface area contributed by atoms with E-state index in [1.807, 2.05) is 0 Å². The van der Waals surface area contributed by atoms with Crippen molar-refractivity contribution in [2.24, 2.45) is 29.4 Å². The first-order chi connectivity index (χ1) is 18.5. The van der Waals surface area contributed by atoms with Gasteiger partial charge in [0.15, 0.2) is 34.7 Å². The number of primary amides is 1. The first-order valence-electron chi connectivity index (χ1n) is 12.3. The molecule has 2 unspecified atom stereocenters. The number of carbonyl (C=O) groups excluding carboxylic acids is 5. The first-order valence-corrected chi connectivity index (χ1v) is 13.1. The molecule has 1 aromatic heterocycles. The van der Waals surface area contributed by atoms with Gasteiger partial charge >= 0.3 is 0 Å². The fourth-order valence-corrected chi connectivity index (χ4v) is 7.21. The third kappa shape index (κ3) is 3.60. The van der Waals surface area contributed by atoms with Crippen LogP contribution >= 0.6 is 11.3 Å². The number of Topliss-reactive ketones (excluding diaryl/α,β-unsaturated/α-hetero) is 4. The summed E-state index contributed by atoms with van der Waals surface area (Å²) in [4.78, 5) is 69.6. The monoisotopic (exact) mass is 548 g/mol. The maximum Gasteiger partial charge on any atom is 0.235 e. The molecule has 9 nitrogen and oxygen atoms in total. The molecule has 5 atom stereocenters. The van der Waals surface area contributed by atoms with Crippen LogP contribution in [0.15, 0.2) is 42.6 Å². The van der Waals surface area contributed by atoms with Gasteiger partial charge in [0.05, 0.1) is 21.9 Å². The number of aromatic nitrogens is 1. The molecule has 198 valence electrons. The minimum Gasteiger partial charge on any atom is -0.506 e. The molecule has 2 fully saturated rings. The Bertz CT molecular complexity index is 1610. The van der Waals surface area contributed by atoms with Gasteiger partial charge in [0.1, 0.15) is 16.6 Å². The molecule has 39 heavy (non-hydrogen) atoms. The number of hydrogen-bond donors (Lipinski definition) is 3. The summed E-state index contributed by atoms with van der Waals surface area (Å²) in [6.07, 6.45) is 1.43. The van der Waals surface area contributed by atoms with Crippen molar-refractivity contribution >= 4 is 40.4 Å². The molecule has 0 saturated heterocycles. The van der Waals surface area contributed by atoms with Crippen molar-refractivity contribution in [3.63, 3.8) is 0 Å². The highest BCUT2D eigenvalue weighted by Crippen LogP contribution is 2.51. The number of amides is 1. The van der Waals surface area contributed by atoms with Crippen LogP contribution in [0.4, 0.5) is 4.39 Å². The summed E-state index contributed by atoms with van der Waals surface area (Å²) in [6, 6.07) is 9.12. The molecule has 3 aliphatic carbocycles. The molecule has 3 aliphatic rings. The fourth-order valence-electron chi connectivity index (χ4n) is 6.26. The number of phenols is 1. The predicted molar refractivity (Wildman–Crippen MR) is 135 cm³/mol.